The molecule has 5 heteroatoms. The second-order valence-corrected chi connectivity index (χ2v) is 5.36. The molecule has 0 unspecified atom stereocenters. The molecule has 2 bridgehead atoms. The van der Waals surface area contributed by atoms with Gasteiger partial charge in [-0.2, -0.15) is 0 Å². The SMILES string of the molecule is CB(O)N1[C@@]2(C)CC[C@]1(C)[C@@H](F)C(=O)C2. The van der Waals surface area contributed by atoms with Gasteiger partial charge in [-0.25, -0.2) is 4.39 Å². The lowest BCUT2D eigenvalue weighted by Crippen LogP contribution is -2.67. The minimum absolute atomic E-state index is 0.217. The van der Waals surface area contributed by atoms with Gasteiger partial charge in [0.15, 0.2) is 12.0 Å². The maximum atomic E-state index is 13.9. The third-order valence-corrected chi connectivity index (χ3v) is 4.06. The Morgan fingerprint density at radius 1 is 1.53 bits per heavy atom. The molecular formula is C10H17BFNO2. The third-order valence-electron chi connectivity index (χ3n) is 4.06. The van der Waals surface area contributed by atoms with Gasteiger partial charge in [0.25, 0.3) is 0 Å². The van der Waals surface area contributed by atoms with Crippen molar-refractivity contribution in [3.05, 3.63) is 0 Å². The molecule has 3 atom stereocenters. The second-order valence-electron chi connectivity index (χ2n) is 5.36. The molecule has 0 radical (unpaired) electrons. The molecule has 2 rings (SSSR count). The molecule has 2 heterocycles. The Labute approximate surface area is 89.8 Å². The van der Waals surface area contributed by atoms with Crippen molar-refractivity contribution in [1.29, 1.82) is 0 Å². The predicted octanol–water partition coefficient (Wildman–Crippen LogP) is 1.02. The Bertz CT molecular complexity index is 312. The summed E-state index contributed by atoms with van der Waals surface area (Å²) in [5.74, 6) is -0.311. The van der Waals surface area contributed by atoms with Crippen LogP contribution in [0.1, 0.15) is 33.1 Å². The molecule has 2 aliphatic heterocycles. The molecule has 0 aromatic heterocycles. The third kappa shape index (κ3) is 1.29. The zero-order chi connectivity index (χ0) is 11.4. The van der Waals surface area contributed by atoms with Crippen LogP contribution in [0.3, 0.4) is 0 Å². The quantitative estimate of drug-likeness (QED) is 0.661. The lowest BCUT2D eigenvalue weighted by molar-refractivity contribution is -0.135. The van der Waals surface area contributed by atoms with Gasteiger partial charge in [0.2, 0.25) is 0 Å². The first kappa shape index (κ1) is 11.1. The number of piperidine rings is 1. The number of Topliss-reactive ketones (excluding diaryl/α,β-unsaturated/α-hetero) is 1. The molecule has 0 aromatic carbocycles. The highest BCUT2D eigenvalue weighted by atomic mass is 19.1. The lowest BCUT2D eigenvalue weighted by atomic mass is 9.70. The molecule has 2 saturated heterocycles. The van der Waals surface area contributed by atoms with E-state index >= 15 is 0 Å². The van der Waals surface area contributed by atoms with Crippen molar-refractivity contribution in [2.45, 2.75) is 57.2 Å². The van der Waals surface area contributed by atoms with E-state index in [4.69, 9.17) is 0 Å². The summed E-state index contributed by atoms with van der Waals surface area (Å²) < 4.78 is 13.9. The maximum Gasteiger partial charge on any atom is 0.377 e. The fourth-order valence-corrected chi connectivity index (χ4v) is 3.49. The van der Waals surface area contributed by atoms with Gasteiger partial charge in [-0.1, -0.05) is 0 Å². The summed E-state index contributed by atoms with van der Waals surface area (Å²) in [6.07, 6.45) is 0.180. The molecule has 2 aliphatic rings. The maximum absolute atomic E-state index is 13.9. The standard InChI is InChI=1S/C10H17BFNO2/c1-9-4-5-10(2,13(9)11(3)15)8(12)7(14)6-9/h8,15H,4-6H2,1-3H3/t8-,9-,10+/m0/s1. The van der Waals surface area contributed by atoms with Crippen LogP contribution >= 0.6 is 0 Å². The molecule has 0 aromatic rings. The second kappa shape index (κ2) is 3.04. The molecular weight excluding hydrogens is 196 g/mol. The van der Waals surface area contributed by atoms with E-state index < -0.39 is 18.8 Å². The van der Waals surface area contributed by atoms with E-state index in [1.165, 1.54) is 0 Å². The fraction of sp³-hybridized carbons (Fsp3) is 0.900. The molecule has 0 aliphatic carbocycles. The molecule has 0 spiro atoms. The van der Waals surface area contributed by atoms with Gasteiger partial charge < -0.3 is 9.83 Å². The number of fused-ring (bicyclic) bond motifs is 2. The van der Waals surface area contributed by atoms with Crippen LogP contribution in [0.15, 0.2) is 0 Å². The van der Waals surface area contributed by atoms with Crippen LogP contribution in [0.25, 0.3) is 0 Å². The minimum Gasteiger partial charge on any atom is -0.437 e. The summed E-state index contributed by atoms with van der Waals surface area (Å²) in [6, 6.07) is 0. The van der Waals surface area contributed by atoms with Crippen LogP contribution in [-0.2, 0) is 4.79 Å². The van der Waals surface area contributed by atoms with Gasteiger partial charge >= 0.3 is 7.05 Å². The van der Waals surface area contributed by atoms with Crippen LogP contribution in [0.2, 0.25) is 6.82 Å². The zero-order valence-electron chi connectivity index (χ0n) is 9.46. The highest BCUT2D eigenvalue weighted by Crippen LogP contribution is 2.50. The number of nitrogens with zero attached hydrogens (tertiary/aromatic N) is 1. The zero-order valence-corrected chi connectivity index (χ0v) is 9.46. The van der Waals surface area contributed by atoms with E-state index in [1.807, 2.05) is 6.92 Å². The van der Waals surface area contributed by atoms with Crippen LogP contribution in [0, 0.1) is 0 Å². The summed E-state index contributed by atoms with van der Waals surface area (Å²) in [5.41, 5.74) is -1.17. The topological polar surface area (TPSA) is 40.5 Å². The highest BCUT2D eigenvalue weighted by molar-refractivity contribution is 6.46. The molecule has 0 amide bonds. The fourth-order valence-electron chi connectivity index (χ4n) is 3.49. The first-order valence-corrected chi connectivity index (χ1v) is 5.45. The van der Waals surface area contributed by atoms with Crippen molar-refractivity contribution >= 4 is 12.8 Å². The highest BCUT2D eigenvalue weighted by Gasteiger charge is 2.62. The Hall–Kier alpha value is -0.415. The average Bonchev–Trinajstić information content (AvgIpc) is 2.33. The lowest BCUT2D eigenvalue weighted by Gasteiger charge is -2.49. The number of hydrogen-bond donors (Lipinski definition) is 1. The van der Waals surface area contributed by atoms with E-state index in [-0.39, 0.29) is 17.7 Å². The van der Waals surface area contributed by atoms with Crippen molar-refractivity contribution < 1.29 is 14.2 Å². The Morgan fingerprint density at radius 2 is 2.13 bits per heavy atom. The smallest absolute Gasteiger partial charge is 0.377 e. The number of halogens is 1. The number of alkyl halides is 1. The summed E-state index contributed by atoms with van der Waals surface area (Å²) >= 11 is 0. The Morgan fingerprint density at radius 3 is 2.67 bits per heavy atom. The first-order valence-electron chi connectivity index (χ1n) is 5.45. The number of carbonyl (C=O) groups excluding carboxylic acids is 1. The number of carbonyl (C=O) groups is 1. The van der Waals surface area contributed by atoms with Crippen molar-refractivity contribution in [2.75, 3.05) is 0 Å². The van der Waals surface area contributed by atoms with Gasteiger partial charge in [-0.3, -0.25) is 4.79 Å². The Kier molecular flexibility index (Phi) is 2.25. The van der Waals surface area contributed by atoms with Crippen LogP contribution in [-0.4, -0.2) is 39.9 Å². The molecule has 84 valence electrons. The van der Waals surface area contributed by atoms with Gasteiger partial charge in [-0.05, 0) is 33.5 Å². The molecule has 3 nitrogen and oxygen atoms in total. The van der Waals surface area contributed by atoms with Gasteiger partial charge in [0.05, 0.1) is 0 Å². The summed E-state index contributed by atoms with van der Waals surface area (Å²) in [7, 11) is -0.700. The molecule has 2 fully saturated rings. The van der Waals surface area contributed by atoms with E-state index in [9.17, 15) is 14.2 Å². The largest absolute Gasteiger partial charge is 0.437 e. The average molecular weight is 213 g/mol. The van der Waals surface area contributed by atoms with Crippen molar-refractivity contribution in [1.82, 2.24) is 4.81 Å². The molecule has 0 saturated carbocycles. The monoisotopic (exact) mass is 213 g/mol. The molecule has 1 N–H and O–H groups in total. The van der Waals surface area contributed by atoms with Crippen molar-refractivity contribution in [3.63, 3.8) is 0 Å². The van der Waals surface area contributed by atoms with E-state index in [1.54, 1.807) is 18.6 Å². The van der Waals surface area contributed by atoms with E-state index in [0.717, 1.165) is 6.42 Å². The van der Waals surface area contributed by atoms with Gasteiger partial charge in [0, 0.05) is 17.5 Å². The number of hydrogen-bond acceptors (Lipinski definition) is 3. The summed E-state index contributed by atoms with van der Waals surface area (Å²) in [6.45, 7) is 5.33. The minimum atomic E-state index is -1.46. The normalized spacial score (nSPS) is 45.9. The van der Waals surface area contributed by atoms with E-state index in [0.29, 0.717) is 6.42 Å². The van der Waals surface area contributed by atoms with Crippen LogP contribution < -0.4 is 0 Å². The Balaban J connectivity index is 2.44. The van der Waals surface area contributed by atoms with Crippen molar-refractivity contribution in [2.24, 2.45) is 0 Å². The van der Waals surface area contributed by atoms with Crippen LogP contribution in [0.5, 0.6) is 0 Å². The number of rotatable bonds is 1. The summed E-state index contributed by atoms with van der Waals surface area (Å²) in [4.78, 5) is 13.3. The predicted molar refractivity (Wildman–Crippen MR) is 56.2 cm³/mol. The van der Waals surface area contributed by atoms with Crippen LogP contribution in [0.4, 0.5) is 4.39 Å². The van der Waals surface area contributed by atoms with Gasteiger partial charge in [-0.15, -0.1) is 0 Å². The van der Waals surface area contributed by atoms with Gasteiger partial charge in [0.1, 0.15) is 0 Å². The summed E-state index contributed by atoms with van der Waals surface area (Å²) in [5, 5.41) is 9.74. The van der Waals surface area contributed by atoms with E-state index in [2.05, 4.69) is 0 Å². The van der Waals surface area contributed by atoms with Crippen molar-refractivity contribution in [3.8, 4) is 0 Å². The molecule has 15 heavy (non-hydrogen) atoms. The number of ketones is 1. The first-order chi connectivity index (χ1) is 6.81.